The molecule has 3 aromatic heterocycles. The first-order chi connectivity index (χ1) is 15.5. The number of methoxy groups -OCH3 is 1. The van der Waals surface area contributed by atoms with E-state index >= 15 is 0 Å². The van der Waals surface area contributed by atoms with Crippen molar-refractivity contribution < 1.29 is 31.1 Å². The van der Waals surface area contributed by atoms with Gasteiger partial charge in [-0.15, -0.1) is 0 Å². The molecule has 2 amide bonds. The van der Waals surface area contributed by atoms with Gasteiger partial charge < -0.3 is 9.47 Å². The molecule has 0 aliphatic heterocycles. The molecule has 0 spiro atoms. The molecular formula is C17H19ClN6O7S2. The zero-order chi connectivity index (χ0) is 24.4. The molecular weight excluding hydrogens is 500 g/mol. The van der Waals surface area contributed by atoms with E-state index in [2.05, 4.69) is 20.3 Å². The fourth-order valence-corrected chi connectivity index (χ4v) is 5.50. The smallest absolute Gasteiger partial charge is 0.335 e. The highest BCUT2D eigenvalue weighted by Crippen LogP contribution is 2.26. The quantitative estimate of drug-likeness (QED) is 0.416. The third-order valence-electron chi connectivity index (χ3n) is 4.09. The lowest BCUT2D eigenvalue weighted by Crippen LogP contribution is -2.36. The number of sulfone groups is 1. The normalized spacial score (nSPS) is 11.9. The van der Waals surface area contributed by atoms with Gasteiger partial charge in [-0.1, -0.05) is 18.5 Å². The number of nitrogens with one attached hydrogen (secondary N) is 2. The molecule has 0 bridgehead atoms. The molecule has 0 saturated carbocycles. The van der Waals surface area contributed by atoms with E-state index in [4.69, 9.17) is 21.1 Å². The average molecular weight is 519 g/mol. The van der Waals surface area contributed by atoms with Gasteiger partial charge >= 0.3 is 6.03 Å². The number of sulfonamides is 1. The molecule has 0 radical (unpaired) electrons. The number of urea groups is 1. The molecule has 0 aromatic carbocycles. The summed E-state index contributed by atoms with van der Waals surface area (Å²) in [7, 11) is -7.54. The van der Waals surface area contributed by atoms with Crippen LogP contribution in [-0.2, 0) is 19.9 Å². The van der Waals surface area contributed by atoms with Gasteiger partial charge in [0.15, 0.2) is 19.9 Å². The summed E-state index contributed by atoms with van der Waals surface area (Å²) in [5, 5.41) is 0.582. The van der Waals surface area contributed by atoms with Gasteiger partial charge in [-0.25, -0.2) is 27.9 Å². The van der Waals surface area contributed by atoms with Crippen molar-refractivity contribution in [3.63, 3.8) is 0 Å². The van der Waals surface area contributed by atoms with Gasteiger partial charge in [0.1, 0.15) is 16.5 Å². The summed E-state index contributed by atoms with van der Waals surface area (Å²) in [5.41, 5.74) is 0.0224. The molecule has 0 atom stereocenters. The molecule has 33 heavy (non-hydrogen) atoms. The zero-order valence-electron chi connectivity index (χ0n) is 17.6. The van der Waals surface area contributed by atoms with E-state index in [1.807, 2.05) is 0 Å². The van der Waals surface area contributed by atoms with Crippen LogP contribution in [0, 0.1) is 0 Å². The van der Waals surface area contributed by atoms with Crippen LogP contribution in [0.2, 0.25) is 5.15 Å². The number of ether oxygens (including phenoxy) is 2. The van der Waals surface area contributed by atoms with E-state index in [0.717, 1.165) is 4.40 Å². The first kappa shape index (κ1) is 24.5. The number of anilines is 1. The highest BCUT2D eigenvalue weighted by Gasteiger charge is 2.33. The maximum absolute atomic E-state index is 13.1. The van der Waals surface area contributed by atoms with Crippen LogP contribution in [-0.4, -0.2) is 61.7 Å². The van der Waals surface area contributed by atoms with Gasteiger partial charge in [-0.2, -0.15) is 13.4 Å². The standard InChI is InChI=1S/C17H19ClN6O7S2/c1-4-31-10-6-7-12-20-14(32(26,27)5-2)15(24(12)9-10)33(28,29)23-17(25)22-16-19-11(18)8-13(21-16)30-3/h6-9H,4-5H2,1-3H3,(H2,19,21,22,23,25). The first-order valence-electron chi connectivity index (χ1n) is 9.30. The number of halogens is 1. The highest BCUT2D eigenvalue weighted by atomic mass is 35.5. The van der Waals surface area contributed by atoms with Crippen LogP contribution in [0.4, 0.5) is 10.7 Å². The monoisotopic (exact) mass is 518 g/mol. The largest absolute Gasteiger partial charge is 0.492 e. The molecule has 16 heteroatoms. The number of hydrogen-bond acceptors (Lipinski definition) is 10. The summed E-state index contributed by atoms with van der Waals surface area (Å²) >= 11 is 5.81. The molecule has 2 N–H and O–H groups in total. The van der Waals surface area contributed by atoms with Crippen LogP contribution in [0.3, 0.4) is 0 Å². The number of pyridine rings is 1. The number of hydrogen-bond donors (Lipinski definition) is 2. The maximum atomic E-state index is 13.1. The van der Waals surface area contributed by atoms with Crippen LogP contribution in [0.15, 0.2) is 34.4 Å². The number of nitrogens with zero attached hydrogens (tertiary/aromatic N) is 4. The number of rotatable bonds is 8. The fourth-order valence-electron chi connectivity index (χ4n) is 2.67. The third-order valence-corrected chi connectivity index (χ3v) is 7.40. The van der Waals surface area contributed by atoms with Crippen molar-refractivity contribution in [2.24, 2.45) is 0 Å². The summed E-state index contributed by atoms with van der Waals surface area (Å²) in [5.74, 6) is -0.469. The summed E-state index contributed by atoms with van der Waals surface area (Å²) in [6.45, 7) is 3.35. The van der Waals surface area contributed by atoms with Gasteiger partial charge in [-0.3, -0.25) is 9.72 Å². The van der Waals surface area contributed by atoms with Crippen molar-refractivity contribution in [3.05, 3.63) is 29.5 Å². The lowest BCUT2D eigenvalue weighted by Gasteiger charge is -2.10. The Kier molecular flexibility index (Phi) is 6.94. The van der Waals surface area contributed by atoms with Crippen LogP contribution in [0.5, 0.6) is 11.6 Å². The van der Waals surface area contributed by atoms with Crippen LogP contribution < -0.4 is 19.5 Å². The number of imidazole rings is 1. The van der Waals surface area contributed by atoms with Crippen molar-refractivity contribution in [3.8, 4) is 11.6 Å². The minimum absolute atomic E-state index is 0.0224. The van der Waals surface area contributed by atoms with E-state index in [0.29, 0.717) is 0 Å². The summed E-state index contributed by atoms with van der Waals surface area (Å²) in [6.07, 6.45) is 1.26. The second kappa shape index (κ2) is 9.36. The average Bonchev–Trinajstić information content (AvgIpc) is 3.13. The first-order valence-corrected chi connectivity index (χ1v) is 12.8. The molecule has 0 aliphatic rings. The Bertz CT molecular complexity index is 1420. The van der Waals surface area contributed by atoms with Gasteiger partial charge in [0.25, 0.3) is 10.0 Å². The lowest BCUT2D eigenvalue weighted by atomic mass is 10.4. The fraction of sp³-hybridized carbons (Fsp3) is 0.294. The number of amides is 2. The Hall–Kier alpha value is -3.17. The van der Waals surface area contributed by atoms with E-state index in [1.165, 1.54) is 38.4 Å². The summed E-state index contributed by atoms with van der Waals surface area (Å²) in [6, 6.07) is 2.91. The number of fused-ring (bicyclic) bond motifs is 1. The number of carbonyl (C=O) groups is 1. The predicted octanol–water partition coefficient (Wildman–Crippen LogP) is 1.49. The molecule has 0 aliphatic carbocycles. The molecule has 0 unspecified atom stereocenters. The van der Waals surface area contributed by atoms with E-state index in [1.54, 1.807) is 11.6 Å². The lowest BCUT2D eigenvalue weighted by molar-refractivity contribution is 0.256. The number of carbonyl (C=O) groups excluding carboxylic acids is 1. The topological polar surface area (TPSA) is 171 Å². The molecule has 3 aromatic rings. The maximum Gasteiger partial charge on any atom is 0.335 e. The molecule has 3 rings (SSSR count). The predicted molar refractivity (Wildman–Crippen MR) is 117 cm³/mol. The molecule has 0 saturated heterocycles. The Morgan fingerprint density at radius 3 is 2.52 bits per heavy atom. The molecule has 13 nitrogen and oxygen atoms in total. The summed E-state index contributed by atoms with van der Waals surface area (Å²) in [4.78, 5) is 23.9. The minimum Gasteiger partial charge on any atom is -0.492 e. The SMILES string of the molecule is CCOc1ccc2nc(S(=O)(=O)CC)c(S(=O)(=O)NC(=O)Nc3nc(Cl)cc(OC)n3)n2c1. The van der Waals surface area contributed by atoms with E-state index < -0.39 is 41.7 Å². The van der Waals surface area contributed by atoms with Crippen molar-refractivity contribution >= 4 is 49.1 Å². The molecule has 3 heterocycles. The number of aromatic nitrogens is 4. The van der Waals surface area contributed by atoms with E-state index in [9.17, 15) is 21.6 Å². The Morgan fingerprint density at radius 2 is 1.88 bits per heavy atom. The Morgan fingerprint density at radius 1 is 1.15 bits per heavy atom. The second-order valence-electron chi connectivity index (χ2n) is 6.27. The molecule has 0 fully saturated rings. The van der Waals surface area contributed by atoms with Crippen molar-refractivity contribution in [2.45, 2.75) is 23.9 Å². The molecule has 178 valence electrons. The van der Waals surface area contributed by atoms with Gasteiger partial charge in [0, 0.05) is 6.07 Å². The summed E-state index contributed by atoms with van der Waals surface area (Å²) < 4.78 is 64.4. The van der Waals surface area contributed by atoms with Crippen LogP contribution in [0.1, 0.15) is 13.8 Å². The van der Waals surface area contributed by atoms with Crippen molar-refractivity contribution in [1.82, 2.24) is 24.1 Å². The van der Waals surface area contributed by atoms with Crippen molar-refractivity contribution in [1.29, 1.82) is 0 Å². The second-order valence-corrected chi connectivity index (χ2v) is 10.4. The third kappa shape index (κ3) is 5.26. The van der Waals surface area contributed by atoms with Crippen molar-refractivity contribution in [2.75, 3.05) is 24.8 Å². The highest BCUT2D eigenvalue weighted by molar-refractivity contribution is 7.93. The van der Waals surface area contributed by atoms with Crippen LogP contribution >= 0.6 is 11.6 Å². The van der Waals surface area contributed by atoms with Gasteiger partial charge in [-0.05, 0) is 19.1 Å². The Labute approximate surface area is 194 Å². The van der Waals surface area contributed by atoms with Crippen LogP contribution in [0.25, 0.3) is 5.65 Å². The zero-order valence-corrected chi connectivity index (χ0v) is 20.0. The van der Waals surface area contributed by atoms with Gasteiger partial charge in [0.05, 0.1) is 25.7 Å². The van der Waals surface area contributed by atoms with E-state index in [-0.39, 0.29) is 35.0 Å². The Balaban J connectivity index is 2.05. The minimum atomic E-state index is -4.76. The van der Waals surface area contributed by atoms with Gasteiger partial charge in [0.2, 0.25) is 11.8 Å².